The third kappa shape index (κ3) is 2.18. The van der Waals surface area contributed by atoms with E-state index < -0.39 is 12.0 Å². The number of hydrogen-bond donors (Lipinski definition) is 2. The number of carboxylic acids is 1. The van der Waals surface area contributed by atoms with Crippen molar-refractivity contribution in [3.63, 3.8) is 0 Å². The number of thioether (sulfide) groups is 1. The van der Waals surface area contributed by atoms with Gasteiger partial charge in [-0.25, -0.2) is 4.79 Å². The molecule has 20 heavy (non-hydrogen) atoms. The van der Waals surface area contributed by atoms with Crippen LogP contribution in [-0.4, -0.2) is 52.7 Å². The molecule has 0 saturated carbocycles. The molecule has 1 fully saturated rings. The van der Waals surface area contributed by atoms with Crippen molar-refractivity contribution in [1.82, 2.24) is 4.90 Å². The lowest BCUT2D eigenvalue weighted by Gasteiger charge is -2.25. The van der Waals surface area contributed by atoms with Crippen LogP contribution in [0.5, 0.6) is 5.75 Å². The lowest BCUT2D eigenvalue weighted by Crippen LogP contribution is -2.42. The van der Waals surface area contributed by atoms with Crippen molar-refractivity contribution in [3.8, 4) is 5.75 Å². The molecule has 1 atom stereocenters. The highest BCUT2D eigenvalue weighted by Gasteiger charge is 2.36. The average molecular weight is 294 g/mol. The molecule has 0 spiro atoms. The van der Waals surface area contributed by atoms with Crippen LogP contribution in [0.15, 0.2) is 18.2 Å². The molecular weight excluding hydrogens is 280 g/mol. The van der Waals surface area contributed by atoms with Gasteiger partial charge in [-0.1, -0.05) is 6.07 Å². The number of fused-ring (bicyclic) bond motifs is 1. The number of amides is 1. The molecular formula is C13H14N2O4S. The van der Waals surface area contributed by atoms with Crippen LogP contribution in [0.25, 0.3) is 0 Å². The molecule has 1 aromatic carbocycles. The first kappa shape index (κ1) is 13.1. The lowest BCUT2D eigenvalue weighted by molar-refractivity contribution is -0.140. The van der Waals surface area contributed by atoms with Gasteiger partial charge in [0, 0.05) is 12.3 Å². The summed E-state index contributed by atoms with van der Waals surface area (Å²) in [7, 11) is 0. The van der Waals surface area contributed by atoms with Crippen LogP contribution in [0.1, 0.15) is 10.4 Å². The van der Waals surface area contributed by atoms with Crippen molar-refractivity contribution in [1.29, 1.82) is 0 Å². The Morgan fingerprint density at radius 2 is 2.30 bits per heavy atom. The van der Waals surface area contributed by atoms with Crippen molar-refractivity contribution in [3.05, 3.63) is 23.8 Å². The van der Waals surface area contributed by atoms with Gasteiger partial charge in [0.05, 0.1) is 17.1 Å². The van der Waals surface area contributed by atoms with Gasteiger partial charge in [-0.05, 0) is 12.1 Å². The Hall–Kier alpha value is -1.89. The number of aliphatic carboxylic acids is 1. The summed E-state index contributed by atoms with van der Waals surface area (Å²) in [6.45, 7) is 1.19. The highest BCUT2D eigenvalue weighted by molar-refractivity contribution is 7.99. The van der Waals surface area contributed by atoms with Crippen LogP contribution in [0, 0.1) is 0 Å². The minimum Gasteiger partial charge on any atom is -0.489 e. The highest BCUT2D eigenvalue weighted by Crippen LogP contribution is 2.33. The van der Waals surface area contributed by atoms with Crippen LogP contribution in [0.4, 0.5) is 5.69 Å². The molecule has 7 heteroatoms. The fourth-order valence-corrected chi connectivity index (χ4v) is 3.49. The second-order valence-electron chi connectivity index (χ2n) is 4.59. The number of benzene rings is 1. The molecule has 106 valence electrons. The van der Waals surface area contributed by atoms with Crippen LogP contribution >= 0.6 is 11.8 Å². The summed E-state index contributed by atoms with van der Waals surface area (Å²) in [6.07, 6.45) is 0. The minimum atomic E-state index is -0.966. The summed E-state index contributed by atoms with van der Waals surface area (Å²) < 4.78 is 5.57. The normalized spacial score (nSPS) is 20.8. The third-order valence-electron chi connectivity index (χ3n) is 3.34. The maximum atomic E-state index is 12.6. The van der Waals surface area contributed by atoms with E-state index in [0.717, 1.165) is 5.69 Å². The van der Waals surface area contributed by atoms with E-state index >= 15 is 0 Å². The Morgan fingerprint density at radius 1 is 1.45 bits per heavy atom. The summed E-state index contributed by atoms with van der Waals surface area (Å²) in [4.78, 5) is 25.2. The molecule has 0 unspecified atom stereocenters. The van der Waals surface area contributed by atoms with Crippen molar-refractivity contribution >= 4 is 29.3 Å². The number of nitrogens with one attached hydrogen (secondary N) is 1. The second kappa shape index (κ2) is 5.24. The Labute approximate surface area is 120 Å². The van der Waals surface area contributed by atoms with E-state index in [1.165, 1.54) is 16.7 Å². The predicted octanol–water partition coefficient (Wildman–Crippen LogP) is 1.09. The van der Waals surface area contributed by atoms with Crippen LogP contribution in [-0.2, 0) is 4.79 Å². The molecule has 1 amide bonds. The Kier molecular flexibility index (Phi) is 3.43. The number of para-hydroxylation sites is 1. The molecule has 3 rings (SSSR count). The van der Waals surface area contributed by atoms with E-state index in [9.17, 15) is 9.59 Å². The SMILES string of the molecule is O=C(O)[C@@H]1CSCN1C(=O)c1cccc2c1OCCN2. The maximum Gasteiger partial charge on any atom is 0.327 e. The summed E-state index contributed by atoms with van der Waals surface area (Å²) in [5, 5.41) is 12.3. The van der Waals surface area contributed by atoms with Crippen molar-refractivity contribution < 1.29 is 19.4 Å². The van der Waals surface area contributed by atoms with E-state index in [0.29, 0.717) is 36.1 Å². The molecule has 1 saturated heterocycles. The minimum absolute atomic E-state index is 0.289. The second-order valence-corrected chi connectivity index (χ2v) is 5.59. The van der Waals surface area contributed by atoms with E-state index in [2.05, 4.69) is 5.32 Å². The molecule has 0 aliphatic carbocycles. The lowest BCUT2D eigenvalue weighted by atomic mass is 10.1. The molecule has 2 N–H and O–H groups in total. The number of rotatable bonds is 2. The number of anilines is 1. The van der Waals surface area contributed by atoms with Gasteiger partial charge in [0.1, 0.15) is 12.6 Å². The molecule has 2 heterocycles. The highest BCUT2D eigenvalue weighted by atomic mass is 32.2. The van der Waals surface area contributed by atoms with Gasteiger partial charge in [0.2, 0.25) is 0 Å². The number of nitrogens with zero attached hydrogens (tertiary/aromatic N) is 1. The van der Waals surface area contributed by atoms with Gasteiger partial charge < -0.3 is 20.1 Å². The first-order valence-electron chi connectivity index (χ1n) is 6.29. The number of ether oxygens (including phenoxy) is 1. The van der Waals surface area contributed by atoms with Crippen LogP contribution in [0.3, 0.4) is 0 Å². The van der Waals surface area contributed by atoms with Crippen molar-refractivity contribution in [2.45, 2.75) is 6.04 Å². The van der Waals surface area contributed by atoms with Crippen molar-refractivity contribution in [2.24, 2.45) is 0 Å². The van der Waals surface area contributed by atoms with Gasteiger partial charge in [-0.2, -0.15) is 0 Å². The van der Waals surface area contributed by atoms with Crippen LogP contribution in [0.2, 0.25) is 0 Å². The van der Waals surface area contributed by atoms with E-state index in [-0.39, 0.29) is 5.91 Å². The summed E-state index contributed by atoms with van der Waals surface area (Å²) >= 11 is 1.45. The first-order valence-corrected chi connectivity index (χ1v) is 7.45. The van der Waals surface area contributed by atoms with Gasteiger partial charge in [0.15, 0.2) is 5.75 Å². The molecule has 2 aliphatic heterocycles. The number of hydrogen-bond acceptors (Lipinski definition) is 5. The molecule has 0 aromatic heterocycles. The Morgan fingerprint density at radius 3 is 3.10 bits per heavy atom. The maximum absolute atomic E-state index is 12.6. The topological polar surface area (TPSA) is 78.9 Å². The van der Waals surface area contributed by atoms with Gasteiger partial charge >= 0.3 is 5.97 Å². The molecule has 0 radical (unpaired) electrons. The Balaban J connectivity index is 1.93. The van der Waals surface area contributed by atoms with Gasteiger partial charge in [-0.3, -0.25) is 4.79 Å². The zero-order valence-corrected chi connectivity index (χ0v) is 11.5. The smallest absolute Gasteiger partial charge is 0.327 e. The van der Waals surface area contributed by atoms with E-state index in [1.54, 1.807) is 12.1 Å². The van der Waals surface area contributed by atoms with E-state index in [1.807, 2.05) is 6.07 Å². The summed E-state index contributed by atoms with van der Waals surface area (Å²) in [5.41, 5.74) is 1.20. The Bertz CT molecular complexity index is 563. The molecule has 6 nitrogen and oxygen atoms in total. The fourth-order valence-electron chi connectivity index (χ4n) is 2.34. The molecule has 0 bridgehead atoms. The predicted molar refractivity (Wildman–Crippen MR) is 75.3 cm³/mol. The fraction of sp³-hybridized carbons (Fsp3) is 0.385. The van der Waals surface area contributed by atoms with Crippen molar-refractivity contribution in [2.75, 3.05) is 30.1 Å². The monoisotopic (exact) mass is 294 g/mol. The first-order chi connectivity index (χ1) is 9.68. The van der Waals surface area contributed by atoms with Gasteiger partial charge in [0.25, 0.3) is 5.91 Å². The number of carboxylic acid groups (broad SMARTS) is 1. The average Bonchev–Trinajstić information content (AvgIpc) is 2.95. The quantitative estimate of drug-likeness (QED) is 0.850. The summed E-state index contributed by atoms with van der Waals surface area (Å²) in [6, 6.07) is 4.53. The van der Waals surface area contributed by atoms with Crippen LogP contribution < -0.4 is 10.1 Å². The van der Waals surface area contributed by atoms with Gasteiger partial charge in [-0.15, -0.1) is 11.8 Å². The zero-order valence-electron chi connectivity index (χ0n) is 10.7. The standard InChI is InChI=1S/C13H14N2O4S/c16-12(15-7-20-6-10(15)13(17)18)8-2-1-3-9-11(8)19-5-4-14-9/h1-3,10,14H,4-7H2,(H,17,18)/t10-/m0/s1. The molecule has 1 aromatic rings. The third-order valence-corrected chi connectivity index (χ3v) is 4.35. The number of carbonyl (C=O) groups excluding carboxylic acids is 1. The largest absolute Gasteiger partial charge is 0.489 e. The zero-order chi connectivity index (χ0) is 14.1. The summed E-state index contributed by atoms with van der Waals surface area (Å²) in [5.74, 6) is 0.0854. The molecule has 2 aliphatic rings. The van der Waals surface area contributed by atoms with E-state index in [4.69, 9.17) is 9.84 Å². The number of carbonyl (C=O) groups is 2.